The Morgan fingerprint density at radius 1 is 0.536 bits per heavy atom. The van der Waals surface area contributed by atoms with Crippen molar-refractivity contribution in [2.45, 2.75) is 12.8 Å². The highest BCUT2D eigenvalue weighted by molar-refractivity contribution is 5.15. The molecular weight excluding hydrogens is 348 g/mol. The van der Waals surface area contributed by atoms with Gasteiger partial charge in [-0.25, -0.2) is 0 Å². The number of hydrogen-bond donors (Lipinski definition) is 0. The van der Waals surface area contributed by atoms with E-state index in [0.717, 1.165) is 78.5 Å². The minimum Gasteiger partial charge on any atom is -0.379 e. The molecule has 0 aromatic heterocycles. The zero-order chi connectivity index (χ0) is 19.3. The monoisotopic (exact) mass is 382 g/mol. The van der Waals surface area contributed by atoms with E-state index in [9.17, 15) is 0 Å². The van der Waals surface area contributed by atoms with Gasteiger partial charge >= 0.3 is 0 Å². The van der Waals surface area contributed by atoms with Crippen molar-refractivity contribution in [3.05, 3.63) is 71.8 Å². The van der Waals surface area contributed by atoms with Gasteiger partial charge in [-0.15, -0.1) is 0 Å². The van der Waals surface area contributed by atoms with E-state index in [1.54, 1.807) is 0 Å². The summed E-state index contributed by atoms with van der Waals surface area (Å²) in [6, 6.07) is 21.4. The van der Waals surface area contributed by atoms with Gasteiger partial charge in [-0.05, 0) is 24.0 Å². The molecule has 0 unspecified atom stereocenters. The fraction of sp³-hybridized carbons (Fsp3) is 0.500. The van der Waals surface area contributed by atoms with Crippen LogP contribution in [0.4, 0.5) is 0 Å². The van der Waals surface area contributed by atoms with Crippen molar-refractivity contribution in [2.24, 2.45) is 0 Å². The summed E-state index contributed by atoms with van der Waals surface area (Å²) in [6.45, 7) is 9.17. The Morgan fingerprint density at radius 3 is 1.25 bits per heavy atom. The average molecular weight is 383 g/mol. The summed E-state index contributed by atoms with van der Waals surface area (Å²) in [7, 11) is 0. The maximum absolute atomic E-state index is 5.95. The van der Waals surface area contributed by atoms with Crippen LogP contribution >= 0.6 is 0 Å². The summed E-state index contributed by atoms with van der Waals surface area (Å²) in [6.07, 6.45) is 2.15. The third-order valence-electron chi connectivity index (χ3n) is 5.33. The first-order valence-corrected chi connectivity index (χ1v) is 10.6. The normalized spacial score (nSPS) is 18.3. The maximum atomic E-state index is 5.95. The minimum atomic E-state index is 0.793. The summed E-state index contributed by atoms with van der Waals surface area (Å²) in [5, 5.41) is 0. The Morgan fingerprint density at radius 2 is 0.893 bits per heavy atom. The number of ether oxygens (including phenoxy) is 2. The van der Waals surface area contributed by atoms with E-state index in [2.05, 4.69) is 70.5 Å². The van der Waals surface area contributed by atoms with Crippen molar-refractivity contribution in [3.8, 4) is 0 Å². The molecule has 0 atom stereocenters. The fourth-order valence-electron chi connectivity index (χ4n) is 3.51. The second-order valence-corrected chi connectivity index (χ2v) is 7.38. The number of benzene rings is 2. The van der Waals surface area contributed by atoms with Gasteiger partial charge in [-0.3, -0.25) is 9.80 Å². The van der Waals surface area contributed by atoms with Crippen LogP contribution in [0, 0.1) is 0 Å². The molecule has 0 spiro atoms. The zero-order valence-electron chi connectivity index (χ0n) is 17.0. The van der Waals surface area contributed by atoms with Gasteiger partial charge in [0.15, 0.2) is 0 Å². The lowest BCUT2D eigenvalue weighted by Gasteiger charge is -2.26. The maximum Gasteiger partial charge on any atom is 0.0594 e. The van der Waals surface area contributed by atoms with E-state index in [4.69, 9.17) is 9.47 Å². The number of hydrogen-bond acceptors (Lipinski definition) is 4. The third-order valence-corrected chi connectivity index (χ3v) is 5.33. The van der Waals surface area contributed by atoms with Crippen molar-refractivity contribution in [1.82, 2.24) is 9.80 Å². The van der Waals surface area contributed by atoms with Crippen LogP contribution in [-0.4, -0.2) is 75.5 Å². The van der Waals surface area contributed by atoms with Gasteiger partial charge in [-0.2, -0.15) is 0 Å². The standard InChI is InChI=1S/C24H34N2O2/c1-3-7-23(8-4-1)11-13-25-15-19-27-21-17-26(18-22-28-20-16-25)14-12-24-9-5-2-6-10-24/h1-10H,11-22H2. The quantitative estimate of drug-likeness (QED) is 0.766. The molecule has 2 aromatic carbocycles. The van der Waals surface area contributed by atoms with Crippen molar-refractivity contribution in [2.75, 3.05) is 65.7 Å². The molecule has 0 bridgehead atoms. The van der Waals surface area contributed by atoms with Crippen molar-refractivity contribution in [1.29, 1.82) is 0 Å². The molecule has 4 heteroatoms. The van der Waals surface area contributed by atoms with Crippen LogP contribution in [-0.2, 0) is 22.3 Å². The molecule has 1 heterocycles. The Kier molecular flexibility index (Phi) is 9.51. The number of nitrogens with zero attached hydrogens (tertiary/aromatic N) is 2. The molecule has 3 rings (SSSR count). The van der Waals surface area contributed by atoms with E-state index in [1.165, 1.54) is 11.1 Å². The van der Waals surface area contributed by atoms with E-state index >= 15 is 0 Å². The van der Waals surface area contributed by atoms with Crippen LogP contribution in [0.2, 0.25) is 0 Å². The molecule has 0 radical (unpaired) electrons. The molecule has 2 aromatic rings. The van der Waals surface area contributed by atoms with Gasteiger partial charge < -0.3 is 9.47 Å². The molecule has 1 saturated heterocycles. The fourth-order valence-corrected chi connectivity index (χ4v) is 3.51. The first kappa shape index (κ1) is 21.0. The molecule has 0 amide bonds. The lowest BCUT2D eigenvalue weighted by Crippen LogP contribution is -2.37. The van der Waals surface area contributed by atoms with E-state index in [1.807, 2.05) is 0 Å². The summed E-state index contributed by atoms with van der Waals surface area (Å²) >= 11 is 0. The Bertz CT molecular complexity index is 566. The van der Waals surface area contributed by atoms with Gasteiger partial charge in [0.25, 0.3) is 0 Å². The lowest BCUT2D eigenvalue weighted by atomic mass is 10.1. The molecule has 1 fully saturated rings. The molecule has 152 valence electrons. The second kappa shape index (κ2) is 12.7. The minimum absolute atomic E-state index is 0.793. The molecule has 0 saturated carbocycles. The first-order valence-electron chi connectivity index (χ1n) is 10.6. The van der Waals surface area contributed by atoms with Crippen LogP contribution in [0.3, 0.4) is 0 Å². The van der Waals surface area contributed by atoms with Crippen LogP contribution < -0.4 is 0 Å². The van der Waals surface area contributed by atoms with Crippen LogP contribution in [0.5, 0.6) is 0 Å². The lowest BCUT2D eigenvalue weighted by molar-refractivity contribution is 0.0385. The SMILES string of the molecule is c1ccc(CCN2CCOCCN(CCc3ccccc3)CCOCC2)cc1. The van der Waals surface area contributed by atoms with E-state index in [-0.39, 0.29) is 0 Å². The zero-order valence-corrected chi connectivity index (χ0v) is 17.0. The van der Waals surface area contributed by atoms with Gasteiger partial charge in [0, 0.05) is 39.3 Å². The molecule has 0 aliphatic carbocycles. The van der Waals surface area contributed by atoms with Gasteiger partial charge in [0.1, 0.15) is 0 Å². The van der Waals surface area contributed by atoms with Crippen LogP contribution in [0.25, 0.3) is 0 Å². The highest BCUT2D eigenvalue weighted by Gasteiger charge is 2.10. The van der Waals surface area contributed by atoms with E-state index < -0.39 is 0 Å². The predicted octanol–water partition coefficient (Wildman–Crippen LogP) is 3.12. The molecule has 1 aliphatic rings. The highest BCUT2D eigenvalue weighted by atomic mass is 16.5. The molecule has 1 aliphatic heterocycles. The summed E-state index contributed by atoms with van der Waals surface area (Å²) in [5.41, 5.74) is 2.79. The topological polar surface area (TPSA) is 24.9 Å². The van der Waals surface area contributed by atoms with Crippen LogP contribution in [0.1, 0.15) is 11.1 Å². The smallest absolute Gasteiger partial charge is 0.0594 e. The molecule has 4 nitrogen and oxygen atoms in total. The number of rotatable bonds is 6. The first-order chi connectivity index (χ1) is 13.9. The van der Waals surface area contributed by atoms with Crippen LogP contribution in [0.15, 0.2) is 60.7 Å². The summed E-state index contributed by atoms with van der Waals surface area (Å²) < 4.78 is 11.9. The molecule has 28 heavy (non-hydrogen) atoms. The van der Waals surface area contributed by atoms with Crippen molar-refractivity contribution >= 4 is 0 Å². The van der Waals surface area contributed by atoms with E-state index in [0.29, 0.717) is 0 Å². The Labute approximate surface area is 170 Å². The summed E-state index contributed by atoms with van der Waals surface area (Å²) in [4.78, 5) is 4.92. The molecule has 0 N–H and O–H groups in total. The van der Waals surface area contributed by atoms with Gasteiger partial charge in [-0.1, -0.05) is 60.7 Å². The highest BCUT2D eigenvalue weighted by Crippen LogP contribution is 2.04. The second-order valence-electron chi connectivity index (χ2n) is 7.38. The predicted molar refractivity (Wildman–Crippen MR) is 115 cm³/mol. The molecular formula is C24H34N2O2. The van der Waals surface area contributed by atoms with Gasteiger partial charge in [0.2, 0.25) is 0 Å². The van der Waals surface area contributed by atoms with Gasteiger partial charge in [0.05, 0.1) is 26.4 Å². The summed E-state index contributed by atoms with van der Waals surface area (Å²) in [5.74, 6) is 0. The Balaban J connectivity index is 1.39. The van der Waals surface area contributed by atoms with Crippen molar-refractivity contribution < 1.29 is 9.47 Å². The van der Waals surface area contributed by atoms with Crippen molar-refractivity contribution in [3.63, 3.8) is 0 Å². The largest absolute Gasteiger partial charge is 0.379 e. The third kappa shape index (κ3) is 8.11. The average Bonchev–Trinajstić information content (AvgIpc) is 2.74. The Hall–Kier alpha value is -1.72.